The third-order valence-electron chi connectivity index (χ3n) is 5.32. The highest BCUT2D eigenvalue weighted by atomic mass is 19.3. The zero-order chi connectivity index (χ0) is 25.6. The maximum absolute atomic E-state index is 14.8. The molecule has 0 saturated carbocycles. The number of aryl methyl sites for hydroxylation is 1. The van der Waals surface area contributed by atoms with Gasteiger partial charge in [-0.25, -0.2) is 14.4 Å². The molecule has 0 spiro atoms. The highest BCUT2D eigenvalue weighted by molar-refractivity contribution is 5.91. The minimum Gasteiger partial charge on any atom is -0.493 e. The number of alkyl halides is 2. The van der Waals surface area contributed by atoms with E-state index in [4.69, 9.17) is 24.1 Å². The molecule has 1 aromatic heterocycles. The number of anilines is 1. The van der Waals surface area contributed by atoms with Gasteiger partial charge in [-0.15, -0.1) is 0 Å². The van der Waals surface area contributed by atoms with Crippen molar-refractivity contribution < 1.29 is 37.2 Å². The molecule has 0 aliphatic heterocycles. The summed E-state index contributed by atoms with van der Waals surface area (Å²) in [5.74, 6) is -3.13. The Kier molecular flexibility index (Phi) is 8.71. The first-order valence-corrected chi connectivity index (χ1v) is 10.7. The van der Waals surface area contributed by atoms with E-state index in [0.29, 0.717) is 40.7 Å². The molecule has 0 aliphatic carbocycles. The number of ether oxygens (including phenoxy) is 4. The van der Waals surface area contributed by atoms with Crippen LogP contribution >= 0.6 is 0 Å². The van der Waals surface area contributed by atoms with Crippen LogP contribution in [0.1, 0.15) is 17.0 Å². The summed E-state index contributed by atoms with van der Waals surface area (Å²) in [6, 6.07) is 7.01. The monoisotopic (exact) mass is 495 g/mol. The molecule has 0 aliphatic rings. The molecule has 1 unspecified atom stereocenters. The van der Waals surface area contributed by atoms with Crippen LogP contribution in [-0.4, -0.2) is 62.3 Å². The molecule has 3 aromatic rings. The second-order valence-corrected chi connectivity index (χ2v) is 7.76. The summed E-state index contributed by atoms with van der Waals surface area (Å²) in [7, 11) is 4.61. The molecule has 0 bridgehead atoms. The van der Waals surface area contributed by atoms with Crippen LogP contribution in [0, 0.1) is 12.7 Å². The predicted molar refractivity (Wildman–Crippen MR) is 124 cm³/mol. The summed E-state index contributed by atoms with van der Waals surface area (Å²) in [5.41, 5.74) is -0.329. The average Bonchev–Trinajstić information content (AvgIpc) is 2.85. The number of hydrogen-bond acceptors (Lipinski definition) is 8. The molecule has 35 heavy (non-hydrogen) atoms. The highest BCUT2D eigenvalue weighted by Crippen LogP contribution is 2.35. The van der Waals surface area contributed by atoms with Gasteiger partial charge in [-0.05, 0) is 19.1 Å². The topological polar surface area (TPSA) is 95.0 Å². The van der Waals surface area contributed by atoms with Crippen molar-refractivity contribution in [2.45, 2.75) is 25.5 Å². The van der Waals surface area contributed by atoms with E-state index in [-0.39, 0.29) is 24.8 Å². The summed E-state index contributed by atoms with van der Waals surface area (Å²) in [5, 5.41) is 12.5. The van der Waals surface area contributed by atoms with Crippen LogP contribution in [0.4, 0.5) is 19.0 Å². The zero-order valence-electron chi connectivity index (χ0n) is 19.9. The van der Waals surface area contributed by atoms with Gasteiger partial charge < -0.3 is 29.4 Å². The van der Waals surface area contributed by atoms with Crippen molar-refractivity contribution in [3.8, 4) is 11.5 Å². The molecule has 11 heteroatoms. The second-order valence-electron chi connectivity index (χ2n) is 7.76. The third kappa shape index (κ3) is 6.11. The number of aliphatic hydroxyl groups is 1. The van der Waals surface area contributed by atoms with E-state index in [9.17, 15) is 13.2 Å². The van der Waals surface area contributed by atoms with Gasteiger partial charge in [-0.2, -0.15) is 8.78 Å². The highest BCUT2D eigenvalue weighted by Gasteiger charge is 2.34. The van der Waals surface area contributed by atoms with Gasteiger partial charge in [0.05, 0.1) is 24.8 Å². The first-order valence-electron chi connectivity index (χ1n) is 10.7. The van der Waals surface area contributed by atoms with Crippen LogP contribution in [0.25, 0.3) is 10.9 Å². The lowest BCUT2D eigenvalue weighted by molar-refractivity contribution is -0.0583. The van der Waals surface area contributed by atoms with Crippen LogP contribution in [0.3, 0.4) is 0 Å². The standard InChI is InChI=1S/C24H28F3N3O5/c1-14-29-19-9-20(34-4)21(35-12-16(33-3)11-32-2)8-17(19)23(30-14)28-10-15-6-5-7-18(22(15)25)24(26,27)13-31/h5-9,16,31H,10-13H2,1-4H3,(H,28,29,30). The van der Waals surface area contributed by atoms with Crippen molar-refractivity contribution in [3.63, 3.8) is 0 Å². The number of aromatic nitrogens is 2. The maximum atomic E-state index is 14.8. The molecule has 0 radical (unpaired) electrons. The van der Waals surface area contributed by atoms with Crippen LogP contribution in [0.2, 0.25) is 0 Å². The van der Waals surface area contributed by atoms with Gasteiger partial charge in [-0.1, -0.05) is 12.1 Å². The molecule has 2 N–H and O–H groups in total. The minimum absolute atomic E-state index is 0.00692. The van der Waals surface area contributed by atoms with Gasteiger partial charge in [-0.3, -0.25) is 0 Å². The zero-order valence-corrected chi connectivity index (χ0v) is 19.9. The first-order chi connectivity index (χ1) is 16.7. The number of rotatable bonds is 12. The van der Waals surface area contributed by atoms with Crippen LogP contribution in [0.5, 0.6) is 11.5 Å². The maximum Gasteiger partial charge on any atom is 0.298 e. The van der Waals surface area contributed by atoms with E-state index in [1.807, 2.05) is 0 Å². The number of nitrogens with one attached hydrogen (secondary N) is 1. The Hall–Kier alpha value is -3.15. The normalized spacial score (nSPS) is 12.6. The predicted octanol–water partition coefficient (Wildman–Crippen LogP) is 3.82. The number of aliphatic hydroxyl groups excluding tert-OH is 1. The van der Waals surface area contributed by atoms with E-state index in [2.05, 4.69) is 15.3 Å². The lowest BCUT2D eigenvalue weighted by atomic mass is 10.0. The molecular formula is C24H28F3N3O5. The fourth-order valence-electron chi connectivity index (χ4n) is 3.48. The average molecular weight is 495 g/mol. The number of hydrogen-bond donors (Lipinski definition) is 2. The fourth-order valence-corrected chi connectivity index (χ4v) is 3.48. The third-order valence-corrected chi connectivity index (χ3v) is 5.32. The van der Waals surface area contributed by atoms with Crippen LogP contribution < -0.4 is 14.8 Å². The minimum atomic E-state index is -3.69. The number of benzene rings is 2. The Bertz CT molecular complexity index is 1160. The Morgan fingerprint density at radius 3 is 2.51 bits per heavy atom. The summed E-state index contributed by atoms with van der Waals surface area (Å²) in [6.45, 7) is 0.600. The number of nitrogens with zero attached hydrogens (tertiary/aromatic N) is 2. The SMILES string of the molecule is COCC(COc1cc2c(NCc3cccc(C(F)(F)CO)c3F)nc(C)nc2cc1OC)OC. The van der Waals surface area contributed by atoms with Gasteiger partial charge in [0, 0.05) is 37.8 Å². The summed E-state index contributed by atoms with van der Waals surface area (Å²) < 4.78 is 64.3. The van der Waals surface area contributed by atoms with Gasteiger partial charge in [0.2, 0.25) is 0 Å². The molecule has 0 amide bonds. The van der Waals surface area contributed by atoms with E-state index < -0.39 is 23.9 Å². The molecule has 1 atom stereocenters. The molecule has 190 valence electrons. The number of fused-ring (bicyclic) bond motifs is 1. The summed E-state index contributed by atoms with van der Waals surface area (Å²) in [6.07, 6.45) is -0.306. The first kappa shape index (κ1) is 26.5. The van der Waals surface area contributed by atoms with Gasteiger partial charge >= 0.3 is 0 Å². The van der Waals surface area contributed by atoms with Gasteiger partial charge in [0.25, 0.3) is 5.92 Å². The molecule has 3 rings (SSSR count). The Balaban J connectivity index is 1.93. The quantitative estimate of drug-likeness (QED) is 0.392. The Morgan fingerprint density at radius 2 is 1.86 bits per heavy atom. The lowest BCUT2D eigenvalue weighted by Crippen LogP contribution is -2.25. The van der Waals surface area contributed by atoms with Crippen molar-refractivity contribution >= 4 is 16.7 Å². The van der Waals surface area contributed by atoms with Crippen LogP contribution in [0.15, 0.2) is 30.3 Å². The van der Waals surface area contributed by atoms with E-state index in [1.165, 1.54) is 19.2 Å². The van der Waals surface area contributed by atoms with Crippen molar-refractivity contribution in [2.75, 3.05) is 46.5 Å². The van der Waals surface area contributed by atoms with Crippen molar-refractivity contribution in [1.82, 2.24) is 9.97 Å². The smallest absolute Gasteiger partial charge is 0.298 e. The molecule has 8 nitrogen and oxygen atoms in total. The second kappa shape index (κ2) is 11.5. The Morgan fingerprint density at radius 1 is 1.09 bits per heavy atom. The molecule has 0 fully saturated rings. The molecule has 0 saturated heterocycles. The van der Waals surface area contributed by atoms with Gasteiger partial charge in [0.15, 0.2) is 11.5 Å². The molecule has 2 aromatic carbocycles. The van der Waals surface area contributed by atoms with E-state index in [1.54, 1.807) is 33.3 Å². The Labute approximate surface area is 201 Å². The number of halogens is 3. The largest absolute Gasteiger partial charge is 0.493 e. The van der Waals surface area contributed by atoms with Crippen molar-refractivity contribution in [2.24, 2.45) is 0 Å². The van der Waals surface area contributed by atoms with Gasteiger partial charge in [0.1, 0.15) is 36.8 Å². The molecule has 1 heterocycles. The molecular weight excluding hydrogens is 467 g/mol. The van der Waals surface area contributed by atoms with Crippen molar-refractivity contribution in [3.05, 3.63) is 53.1 Å². The number of methoxy groups -OCH3 is 3. The van der Waals surface area contributed by atoms with E-state index in [0.717, 1.165) is 6.07 Å². The van der Waals surface area contributed by atoms with Crippen molar-refractivity contribution in [1.29, 1.82) is 0 Å². The summed E-state index contributed by atoms with van der Waals surface area (Å²) in [4.78, 5) is 8.82. The summed E-state index contributed by atoms with van der Waals surface area (Å²) >= 11 is 0. The fraction of sp³-hybridized carbons (Fsp3) is 0.417. The van der Waals surface area contributed by atoms with E-state index >= 15 is 0 Å². The lowest BCUT2D eigenvalue weighted by Gasteiger charge is -2.18. The van der Waals surface area contributed by atoms with Crippen LogP contribution in [-0.2, 0) is 21.9 Å².